The van der Waals surface area contributed by atoms with Crippen LogP contribution in [0.25, 0.3) is 5.69 Å². The van der Waals surface area contributed by atoms with E-state index in [0.29, 0.717) is 11.5 Å². The first-order valence-electron chi connectivity index (χ1n) is 9.66. The van der Waals surface area contributed by atoms with Crippen molar-refractivity contribution in [3.05, 3.63) is 77.6 Å². The number of carbonyl (C=O) groups excluding carboxylic acids is 2. The number of nitrogens with zero attached hydrogens (tertiary/aromatic N) is 2. The van der Waals surface area contributed by atoms with Gasteiger partial charge in [-0.05, 0) is 61.2 Å². The fourth-order valence-electron chi connectivity index (χ4n) is 3.04. The van der Waals surface area contributed by atoms with E-state index >= 15 is 0 Å². The third kappa shape index (κ3) is 4.90. The Morgan fingerprint density at radius 1 is 1.10 bits per heavy atom. The molecule has 0 spiro atoms. The number of nitrogens with one attached hydrogen (secondary N) is 1. The molecule has 1 aromatic heterocycles. The number of hydrogen-bond donors (Lipinski definition) is 1. The Kier molecular flexibility index (Phi) is 6.44. The Balaban J connectivity index is 1.58. The van der Waals surface area contributed by atoms with E-state index in [0.717, 1.165) is 29.1 Å². The fourth-order valence-corrected chi connectivity index (χ4v) is 3.04. The molecule has 6 heteroatoms. The predicted molar refractivity (Wildman–Crippen MR) is 112 cm³/mol. The van der Waals surface area contributed by atoms with Crippen LogP contribution in [0, 0.1) is 6.92 Å². The Hall–Kier alpha value is -3.41. The SMILES string of the molecule is CC[C@@H](C)c1ccccc1NC(=O)COC(=O)c1ccc(-n2nccc2C)cc1. The molecule has 0 unspecified atom stereocenters. The molecule has 0 saturated carbocycles. The van der Waals surface area contributed by atoms with E-state index in [9.17, 15) is 9.59 Å². The van der Waals surface area contributed by atoms with Crippen LogP contribution in [0.5, 0.6) is 0 Å². The van der Waals surface area contributed by atoms with Crippen molar-refractivity contribution < 1.29 is 14.3 Å². The molecule has 0 aliphatic heterocycles. The van der Waals surface area contributed by atoms with E-state index in [1.807, 2.05) is 37.3 Å². The van der Waals surface area contributed by atoms with Gasteiger partial charge in [0.05, 0.1) is 11.3 Å². The van der Waals surface area contributed by atoms with Gasteiger partial charge in [0, 0.05) is 17.6 Å². The van der Waals surface area contributed by atoms with Crippen molar-refractivity contribution in [3.8, 4) is 5.69 Å². The number of anilines is 1. The van der Waals surface area contributed by atoms with E-state index in [2.05, 4.69) is 24.3 Å². The number of para-hydroxylation sites is 1. The summed E-state index contributed by atoms with van der Waals surface area (Å²) in [5.41, 5.74) is 4.05. The molecule has 3 rings (SSSR count). The first-order valence-corrected chi connectivity index (χ1v) is 9.66. The van der Waals surface area contributed by atoms with Crippen molar-refractivity contribution in [2.75, 3.05) is 11.9 Å². The molecule has 0 saturated heterocycles. The number of aromatic nitrogens is 2. The average molecular weight is 391 g/mol. The van der Waals surface area contributed by atoms with Gasteiger partial charge < -0.3 is 10.1 Å². The third-order valence-electron chi connectivity index (χ3n) is 4.89. The molecule has 2 aromatic carbocycles. The molecule has 0 aliphatic rings. The maximum atomic E-state index is 12.3. The molecule has 1 amide bonds. The zero-order chi connectivity index (χ0) is 20.8. The Labute approximate surface area is 170 Å². The summed E-state index contributed by atoms with van der Waals surface area (Å²) in [6, 6.07) is 16.5. The summed E-state index contributed by atoms with van der Waals surface area (Å²) in [5, 5.41) is 7.07. The summed E-state index contributed by atoms with van der Waals surface area (Å²) in [6.45, 7) is 5.82. The quantitative estimate of drug-likeness (QED) is 0.602. The van der Waals surface area contributed by atoms with Gasteiger partial charge in [0.15, 0.2) is 6.61 Å². The summed E-state index contributed by atoms with van der Waals surface area (Å²) in [5.74, 6) is -0.581. The van der Waals surface area contributed by atoms with Crippen molar-refractivity contribution in [2.24, 2.45) is 0 Å². The summed E-state index contributed by atoms with van der Waals surface area (Å²) in [7, 11) is 0. The molecule has 29 heavy (non-hydrogen) atoms. The Morgan fingerprint density at radius 3 is 2.48 bits per heavy atom. The van der Waals surface area contributed by atoms with Gasteiger partial charge in [-0.2, -0.15) is 5.10 Å². The van der Waals surface area contributed by atoms with Crippen LogP contribution in [-0.4, -0.2) is 28.3 Å². The van der Waals surface area contributed by atoms with Gasteiger partial charge in [-0.3, -0.25) is 4.79 Å². The number of carbonyl (C=O) groups is 2. The molecule has 0 aliphatic carbocycles. The van der Waals surface area contributed by atoms with Crippen LogP contribution >= 0.6 is 0 Å². The van der Waals surface area contributed by atoms with Crippen molar-refractivity contribution in [1.82, 2.24) is 9.78 Å². The van der Waals surface area contributed by atoms with Crippen LogP contribution < -0.4 is 5.32 Å². The second-order valence-corrected chi connectivity index (χ2v) is 6.95. The molecular weight excluding hydrogens is 366 g/mol. The van der Waals surface area contributed by atoms with Crippen LogP contribution in [0.1, 0.15) is 47.8 Å². The standard InChI is InChI=1S/C23H25N3O3/c1-4-16(2)20-7-5-6-8-21(20)25-22(27)15-29-23(28)18-9-11-19(12-10-18)26-17(3)13-14-24-26/h5-14,16H,4,15H2,1-3H3,(H,25,27)/t16-/m1/s1. The summed E-state index contributed by atoms with van der Waals surface area (Å²) < 4.78 is 6.94. The van der Waals surface area contributed by atoms with Gasteiger partial charge >= 0.3 is 5.97 Å². The maximum Gasteiger partial charge on any atom is 0.338 e. The fraction of sp³-hybridized carbons (Fsp3) is 0.261. The molecular formula is C23H25N3O3. The number of aryl methyl sites for hydroxylation is 1. The average Bonchev–Trinajstić information content (AvgIpc) is 3.17. The molecule has 1 heterocycles. The predicted octanol–water partition coefficient (Wildman–Crippen LogP) is 4.49. The minimum absolute atomic E-state index is 0.325. The third-order valence-corrected chi connectivity index (χ3v) is 4.89. The number of esters is 1. The minimum Gasteiger partial charge on any atom is -0.452 e. The van der Waals surface area contributed by atoms with Gasteiger partial charge in [0.1, 0.15) is 0 Å². The number of hydrogen-bond acceptors (Lipinski definition) is 4. The zero-order valence-corrected chi connectivity index (χ0v) is 16.9. The van der Waals surface area contributed by atoms with Gasteiger partial charge in [-0.1, -0.05) is 32.0 Å². The smallest absolute Gasteiger partial charge is 0.338 e. The lowest BCUT2D eigenvalue weighted by Gasteiger charge is -2.15. The van der Waals surface area contributed by atoms with E-state index < -0.39 is 5.97 Å². The van der Waals surface area contributed by atoms with Crippen LogP contribution in [0.4, 0.5) is 5.69 Å². The van der Waals surface area contributed by atoms with Crippen molar-refractivity contribution in [2.45, 2.75) is 33.1 Å². The lowest BCUT2D eigenvalue weighted by Crippen LogP contribution is -2.21. The van der Waals surface area contributed by atoms with Crippen molar-refractivity contribution in [3.63, 3.8) is 0 Å². The van der Waals surface area contributed by atoms with Crippen LogP contribution in [0.15, 0.2) is 60.8 Å². The second-order valence-electron chi connectivity index (χ2n) is 6.95. The minimum atomic E-state index is -0.543. The first kappa shape index (κ1) is 20.3. The molecule has 0 bridgehead atoms. The highest BCUT2D eigenvalue weighted by Gasteiger charge is 2.14. The summed E-state index contributed by atoms with van der Waals surface area (Å²) >= 11 is 0. The van der Waals surface area contributed by atoms with E-state index in [4.69, 9.17) is 4.74 Å². The molecule has 0 fully saturated rings. The monoisotopic (exact) mass is 391 g/mol. The molecule has 3 aromatic rings. The lowest BCUT2D eigenvalue weighted by molar-refractivity contribution is -0.119. The van der Waals surface area contributed by atoms with Crippen molar-refractivity contribution >= 4 is 17.6 Å². The van der Waals surface area contributed by atoms with Crippen LogP contribution in [0.2, 0.25) is 0 Å². The van der Waals surface area contributed by atoms with Gasteiger partial charge in [-0.15, -0.1) is 0 Å². The maximum absolute atomic E-state index is 12.3. The number of amides is 1. The number of ether oxygens (including phenoxy) is 1. The van der Waals surface area contributed by atoms with Crippen molar-refractivity contribution in [1.29, 1.82) is 0 Å². The zero-order valence-electron chi connectivity index (χ0n) is 16.9. The second kappa shape index (κ2) is 9.19. The Morgan fingerprint density at radius 2 is 1.83 bits per heavy atom. The summed E-state index contributed by atoms with van der Waals surface area (Å²) in [6.07, 6.45) is 2.69. The van der Waals surface area contributed by atoms with E-state index in [1.54, 1.807) is 35.1 Å². The van der Waals surface area contributed by atoms with Gasteiger partial charge in [0.25, 0.3) is 5.91 Å². The number of rotatable bonds is 7. The topological polar surface area (TPSA) is 73.2 Å². The van der Waals surface area contributed by atoms with Crippen LogP contribution in [0.3, 0.4) is 0 Å². The van der Waals surface area contributed by atoms with Gasteiger partial charge in [-0.25, -0.2) is 9.48 Å². The largest absolute Gasteiger partial charge is 0.452 e. The molecule has 150 valence electrons. The normalized spacial score (nSPS) is 11.7. The highest BCUT2D eigenvalue weighted by atomic mass is 16.5. The number of benzene rings is 2. The van der Waals surface area contributed by atoms with E-state index in [-0.39, 0.29) is 12.5 Å². The molecule has 1 atom stereocenters. The molecule has 0 radical (unpaired) electrons. The van der Waals surface area contributed by atoms with E-state index in [1.165, 1.54) is 0 Å². The van der Waals surface area contributed by atoms with Gasteiger partial charge in [0.2, 0.25) is 0 Å². The molecule has 1 N–H and O–H groups in total. The molecule has 6 nitrogen and oxygen atoms in total. The van der Waals surface area contributed by atoms with Crippen LogP contribution in [-0.2, 0) is 9.53 Å². The highest BCUT2D eigenvalue weighted by molar-refractivity contribution is 5.96. The lowest BCUT2D eigenvalue weighted by atomic mass is 9.97. The summed E-state index contributed by atoms with van der Waals surface area (Å²) in [4.78, 5) is 24.5. The first-order chi connectivity index (χ1) is 14.0. The Bertz CT molecular complexity index is 993. The highest BCUT2D eigenvalue weighted by Crippen LogP contribution is 2.26.